The number of hydrogen-bond acceptors (Lipinski definition) is 4. The minimum atomic E-state index is -0.641. The number of urea groups is 1. The number of esters is 1. The first-order chi connectivity index (χ1) is 11.9. The summed E-state index contributed by atoms with van der Waals surface area (Å²) in [6.45, 7) is 5.45. The van der Waals surface area contributed by atoms with E-state index in [-0.39, 0.29) is 6.04 Å². The van der Waals surface area contributed by atoms with E-state index in [1.54, 1.807) is 12.1 Å². The number of nitrogens with one attached hydrogen (secondary N) is 2. The lowest BCUT2D eigenvalue weighted by Gasteiger charge is -2.29. The van der Waals surface area contributed by atoms with Crippen molar-refractivity contribution in [3.63, 3.8) is 0 Å². The molecule has 1 aromatic rings. The molecule has 0 bridgehead atoms. The van der Waals surface area contributed by atoms with Gasteiger partial charge in [-0.15, -0.1) is 0 Å². The Balaban J connectivity index is 1.76. The molecule has 0 spiro atoms. The Morgan fingerprint density at radius 3 is 2.52 bits per heavy atom. The average Bonchev–Trinajstić information content (AvgIpc) is 2.57. The van der Waals surface area contributed by atoms with E-state index in [2.05, 4.69) is 17.6 Å². The molecular formula is C19H26N2O4. The Kier molecular flexibility index (Phi) is 6.56. The van der Waals surface area contributed by atoms with Gasteiger partial charge < -0.3 is 10.1 Å². The third-order valence-electron chi connectivity index (χ3n) is 4.76. The summed E-state index contributed by atoms with van der Waals surface area (Å²) in [6.07, 6.45) is 4.25. The van der Waals surface area contributed by atoms with Crippen LogP contribution in [0.4, 0.5) is 4.79 Å². The fourth-order valence-corrected chi connectivity index (χ4v) is 2.98. The molecule has 6 heteroatoms. The van der Waals surface area contributed by atoms with E-state index in [0.717, 1.165) is 30.4 Å². The molecular weight excluding hydrogens is 320 g/mol. The molecule has 1 aliphatic carbocycles. The summed E-state index contributed by atoms with van der Waals surface area (Å²) < 4.78 is 4.97. The van der Waals surface area contributed by atoms with Crippen molar-refractivity contribution in [2.75, 3.05) is 6.61 Å². The molecule has 1 aromatic carbocycles. The van der Waals surface area contributed by atoms with E-state index in [4.69, 9.17) is 4.74 Å². The molecule has 0 radical (unpaired) electrons. The molecule has 6 nitrogen and oxygen atoms in total. The highest BCUT2D eigenvalue weighted by atomic mass is 16.5. The summed E-state index contributed by atoms with van der Waals surface area (Å²) in [5.41, 5.74) is 2.43. The molecule has 1 aliphatic rings. The van der Waals surface area contributed by atoms with Gasteiger partial charge in [0, 0.05) is 6.04 Å². The highest BCUT2D eigenvalue weighted by Gasteiger charge is 2.23. The molecule has 25 heavy (non-hydrogen) atoms. The molecule has 1 saturated carbocycles. The van der Waals surface area contributed by atoms with Crippen LogP contribution in [0.2, 0.25) is 0 Å². The molecule has 0 aromatic heterocycles. The predicted molar refractivity (Wildman–Crippen MR) is 94.3 cm³/mol. The molecule has 136 valence electrons. The topological polar surface area (TPSA) is 84.5 Å². The van der Waals surface area contributed by atoms with Crippen LogP contribution in [-0.4, -0.2) is 30.6 Å². The van der Waals surface area contributed by atoms with Crippen LogP contribution >= 0.6 is 0 Å². The van der Waals surface area contributed by atoms with Crippen LogP contribution in [0, 0.1) is 19.8 Å². The van der Waals surface area contributed by atoms with Gasteiger partial charge in [-0.3, -0.25) is 10.1 Å². The third-order valence-corrected chi connectivity index (χ3v) is 4.76. The number of carbonyl (C=O) groups excluding carboxylic acids is 3. The lowest BCUT2D eigenvalue weighted by atomic mass is 9.86. The summed E-state index contributed by atoms with van der Waals surface area (Å²) in [5, 5.41) is 5.03. The summed E-state index contributed by atoms with van der Waals surface area (Å²) in [4.78, 5) is 35.6. The van der Waals surface area contributed by atoms with E-state index in [9.17, 15) is 14.4 Å². The monoisotopic (exact) mass is 346 g/mol. The van der Waals surface area contributed by atoms with Crippen molar-refractivity contribution in [2.45, 2.75) is 52.5 Å². The maximum atomic E-state index is 12.0. The van der Waals surface area contributed by atoms with Crippen molar-refractivity contribution in [3.8, 4) is 0 Å². The first kappa shape index (κ1) is 19.0. The molecule has 2 N–H and O–H groups in total. The highest BCUT2D eigenvalue weighted by Crippen LogP contribution is 2.23. The number of aryl methyl sites for hydroxylation is 2. The number of amides is 3. The average molecular weight is 346 g/mol. The number of rotatable bonds is 4. The van der Waals surface area contributed by atoms with Gasteiger partial charge in [-0.05, 0) is 55.9 Å². The lowest BCUT2D eigenvalue weighted by Crippen LogP contribution is -2.48. The van der Waals surface area contributed by atoms with Crippen LogP contribution < -0.4 is 10.6 Å². The molecule has 0 heterocycles. The number of imide groups is 1. The quantitative estimate of drug-likeness (QED) is 0.821. The smallest absolute Gasteiger partial charge is 0.338 e. The number of hydrogen-bond donors (Lipinski definition) is 2. The van der Waals surface area contributed by atoms with Crippen molar-refractivity contribution in [1.29, 1.82) is 0 Å². The van der Waals surface area contributed by atoms with Crippen molar-refractivity contribution in [3.05, 3.63) is 34.9 Å². The molecule has 1 fully saturated rings. The second-order valence-electron chi connectivity index (χ2n) is 6.77. The van der Waals surface area contributed by atoms with Gasteiger partial charge in [-0.2, -0.15) is 0 Å². The van der Waals surface area contributed by atoms with Crippen LogP contribution in [0.25, 0.3) is 0 Å². The minimum absolute atomic E-state index is 0.0830. The van der Waals surface area contributed by atoms with E-state index < -0.39 is 24.5 Å². The standard InChI is InChI=1S/C19H26N2O4/c1-12-8-9-15(10-14(12)3)18(23)25-11-17(22)21-19(24)20-16-7-5-4-6-13(16)2/h8-10,13,16H,4-7,11H2,1-3H3,(H2,20,21,22,24)/t13-,16-/m1/s1. The summed E-state index contributed by atoms with van der Waals surface area (Å²) in [6, 6.07) is 4.74. The maximum Gasteiger partial charge on any atom is 0.338 e. The molecule has 0 aliphatic heterocycles. The molecule has 2 atom stereocenters. The van der Waals surface area contributed by atoms with Gasteiger partial charge in [0.25, 0.3) is 5.91 Å². The summed E-state index contributed by atoms with van der Waals surface area (Å²) in [5.74, 6) is -0.824. The Hall–Kier alpha value is -2.37. The Morgan fingerprint density at radius 2 is 1.84 bits per heavy atom. The number of benzene rings is 1. The Morgan fingerprint density at radius 1 is 1.12 bits per heavy atom. The first-order valence-electron chi connectivity index (χ1n) is 8.71. The van der Waals surface area contributed by atoms with Crippen LogP contribution in [0.3, 0.4) is 0 Å². The van der Waals surface area contributed by atoms with E-state index in [1.165, 1.54) is 6.42 Å². The maximum absolute atomic E-state index is 12.0. The molecule has 2 rings (SSSR count). The first-order valence-corrected chi connectivity index (χ1v) is 8.71. The molecule has 0 unspecified atom stereocenters. The SMILES string of the molecule is Cc1ccc(C(=O)OCC(=O)NC(=O)N[C@@H]2CCCC[C@H]2C)cc1C. The number of carbonyl (C=O) groups is 3. The van der Waals surface area contributed by atoms with Gasteiger partial charge in [0.15, 0.2) is 6.61 Å². The highest BCUT2D eigenvalue weighted by molar-refractivity contribution is 5.97. The van der Waals surface area contributed by atoms with Crippen LogP contribution in [0.15, 0.2) is 18.2 Å². The Labute approximate surface area is 148 Å². The van der Waals surface area contributed by atoms with Crippen LogP contribution in [0.5, 0.6) is 0 Å². The summed E-state index contributed by atoms with van der Waals surface area (Å²) in [7, 11) is 0. The normalized spacial score (nSPS) is 19.8. The second-order valence-corrected chi connectivity index (χ2v) is 6.77. The predicted octanol–water partition coefficient (Wildman–Crippen LogP) is 2.86. The van der Waals surface area contributed by atoms with E-state index >= 15 is 0 Å². The summed E-state index contributed by atoms with van der Waals surface area (Å²) >= 11 is 0. The molecule has 3 amide bonds. The van der Waals surface area contributed by atoms with Crippen LogP contribution in [0.1, 0.15) is 54.1 Å². The van der Waals surface area contributed by atoms with E-state index in [1.807, 2.05) is 19.9 Å². The van der Waals surface area contributed by atoms with Crippen molar-refractivity contribution in [1.82, 2.24) is 10.6 Å². The number of ether oxygens (including phenoxy) is 1. The second kappa shape index (κ2) is 8.65. The van der Waals surface area contributed by atoms with Gasteiger partial charge in [0.05, 0.1) is 5.56 Å². The minimum Gasteiger partial charge on any atom is -0.452 e. The van der Waals surface area contributed by atoms with Gasteiger partial charge in [-0.1, -0.05) is 25.8 Å². The zero-order valence-corrected chi connectivity index (χ0v) is 15.1. The zero-order valence-electron chi connectivity index (χ0n) is 15.1. The lowest BCUT2D eigenvalue weighted by molar-refractivity contribution is -0.123. The van der Waals surface area contributed by atoms with Gasteiger partial charge in [0.1, 0.15) is 0 Å². The van der Waals surface area contributed by atoms with Crippen molar-refractivity contribution >= 4 is 17.9 Å². The van der Waals surface area contributed by atoms with Gasteiger partial charge >= 0.3 is 12.0 Å². The van der Waals surface area contributed by atoms with Gasteiger partial charge in [-0.25, -0.2) is 9.59 Å². The zero-order chi connectivity index (χ0) is 18.4. The van der Waals surface area contributed by atoms with Gasteiger partial charge in [0.2, 0.25) is 0 Å². The fourth-order valence-electron chi connectivity index (χ4n) is 2.98. The fraction of sp³-hybridized carbons (Fsp3) is 0.526. The van der Waals surface area contributed by atoms with E-state index in [0.29, 0.717) is 11.5 Å². The third kappa shape index (κ3) is 5.59. The Bertz CT molecular complexity index is 657. The van der Waals surface area contributed by atoms with Crippen LogP contribution in [-0.2, 0) is 9.53 Å². The largest absolute Gasteiger partial charge is 0.452 e. The van der Waals surface area contributed by atoms with Crippen molar-refractivity contribution < 1.29 is 19.1 Å². The molecule has 0 saturated heterocycles. The van der Waals surface area contributed by atoms with Crippen molar-refractivity contribution in [2.24, 2.45) is 5.92 Å².